The van der Waals surface area contributed by atoms with Crippen LogP contribution in [0.2, 0.25) is 0 Å². The molecule has 5 nitrogen and oxygen atoms in total. The molecule has 2 aromatic rings. The second-order valence-corrected chi connectivity index (χ2v) is 6.83. The Morgan fingerprint density at radius 1 is 1.22 bits per heavy atom. The van der Waals surface area contributed by atoms with Crippen LogP contribution in [0.3, 0.4) is 0 Å². The van der Waals surface area contributed by atoms with E-state index in [4.69, 9.17) is 0 Å². The predicted molar refractivity (Wildman–Crippen MR) is 78.4 cm³/mol. The highest BCUT2D eigenvalue weighted by molar-refractivity contribution is 14.1. The molecule has 0 fully saturated rings. The lowest BCUT2D eigenvalue weighted by molar-refractivity contribution is 0.509. The molecule has 0 atom stereocenters. The maximum absolute atomic E-state index is 12.0. The van der Waals surface area contributed by atoms with Gasteiger partial charge in [-0.25, -0.2) is 8.96 Å². The fourth-order valence-corrected chi connectivity index (χ4v) is 3.39. The Balaban J connectivity index is 2.53. The molecule has 0 bridgehead atoms. The number of aromatic nitrogens is 2. The average Bonchev–Trinajstić information content (AvgIpc) is 2.73. The molecular formula is C11H12IN3O2S. The van der Waals surface area contributed by atoms with E-state index >= 15 is 0 Å². The first kappa shape index (κ1) is 13.5. The SMILES string of the molecule is CN(C)S(=O)(=O)n1cc(-c2ccccc2)nc1I. The summed E-state index contributed by atoms with van der Waals surface area (Å²) in [5, 5.41) is 0. The van der Waals surface area contributed by atoms with E-state index in [1.54, 1.807) is 0 Å². The van der Waals surface area contributed by atoms with E-state index in [0.717, 1.165) is 9.87 Å². The summed E-state index contributed by atoms with van der Waals surface area (Å²) in [6, 6.07) is 9.47. The molecule has 0 N–H and O–H groups in total. The van der Waals surface area contributed by atoms with Crippen molar-refractivity contribution in [2.75, 3.05) is 14.1 Å². The minimum absolute atomic E-state index is 0.417. The van der Waals surface area contributed by atoms with Crippen LogP contribution in [0.5, 0.6) is 0 Å². The van der Waals surface area contributed by atoms with Gasteiger partial charge in [-0.15, -0.1) is 0 Å². The topological polar surface area (TPSA) is 55.2 Å². The molecular weight excluding hydrogens is 365 g/mol. The van der Waals surface area contributed by atoms with E-state index in [1.165, 1.54) is 24.3 Å². The average molecular weight is 377 g/mol. The Kier molecular flexibility index (Phi) is 3.74. The van der Waals surface area contributed by atoms with Gasteiger partial charge < -0.3 is 0 Å². The summed E-state index contributed by atoms with van der Waals surface area (Å²) in [6.07, 6.45) is 1.53. The number of hydrogen-bond donors (Lipinski definition) is 0. The number of rotatable bonds is 3. The van der Waals surface area contributed by atoms with E-state index in [0.29, 0.717) is 9.53 Å². The molecule has 0 spiro atoms. The summed E-state index contributed by atoms with van der Waals surface area (Å²) in [7, 11) is -0.527. The van der Waals surface area contributed by atoms with Gasteiger partial charge >= 0.3 is 10.2 Å². The van der Waals surface area contributed by atoms with Crippen LogP contribution in [-0.4, -0.2) is 35.8 Å². The maximum atomic E-state index is 12.0. The summed E-state index contributed by atoms with van der Waals surface area (Å²) in [5.41, 5.74) is 1.54. The van der Waals surface area contributed by atoms with Crippen LogP contribution in [0.4, 0.5) is 0 Å². The van der Waals surface area contributed by atoms with Crippen molar-refractivity contribution in [1.82, 2.24) is 13.3 Å². The third-order valence-corrected chi connectivity index (χ3v) is 5.20. The van der Waals surface area contributed by atoms with Crippen LogP contribution in [0.15, 0.2) is 36.5 Å². The van der Waals surface area contributed by atoms with Crippen LogP contribution in [0, 0.1) is 3.83 Å². The molecule has 0 amide bonds. The van der Waals surface area contributed by atoms with Crippen molar-refractivity contribution >= 4 is 32.8 Å². The van der Waals surface area contributed by atoms with E-state index in [1.807, 2.05) is 52.9 Å². The molecule has 1 aromatic heterocycles. The van der Waals surface area contributed by atoms with Crippen molar-refractivity contribution in [3.05, 3.63) is 40.4 Å². The Bertz CT molecular complexity index is 650. The second kappa shape index (κ2) is 4.98. The lowest BCUT2D eigenvalue weighted by Gasteiger charge is -2.11. The number of halogens is 1. The molecule has 96 valence electrons. The first-order chi connectivity index (χ1) is 8.43. The molecule has 0 saturated carbocycles. The number of imidazole rings is 1. The van der Waals surface area contributed by atoms with Gasteiger partial charge in [0.25, 0.3) is 0 Å². The van der Waals surface area contributed by atoms with Gasteiger partial charge in [-0.05, 0) is 0 Å². The number of hydrogen-bond acceptors (Lipinski definition) is 3. The van der Waals surface area contributed by atoms with Crippen LogP contribution < -0.4 is 0 Å². The standard InChI is InChI=1S/C11H12IN3O2S/c1-14(2)18(16,17)15-8-10(13-11(15)12)9-6-4-3-5-7-9/h3-8H,1-2H3. The van der Waals surface area contributed by atoms with E-state index in [-0.39, 0.29) is 0 Å². The van der Waals surface area contributed by atoms with Gasteiger partial charge in [0, 0.05) is 42.2 Å². The van der Waals surface area contributed by atoms with Gasteiger partial charge in [0.15, 0.2) is 3.83 Å². The summed E-state index contributed by atoms with van der Waals surface area (Å²) in [4.78, 5) is 4.27. The third kappa shape index (κ3) is 2.43. The van der Waals surface area contributed by atoms with Gasteiger partial charge in [-0.2, -0.15) is 12.7 Å². The largest absolute Gasteiger partial charge is 0.309 e. The quantitative estimate of drug-likeness (QED) is 0.767. The highest BCUT2D eigenvalue weighted by Gasteiger charge is 2.20. The highest BCUT2D eigenvalue weighted by Crippen LogP contribution is 2.21. The van der Waals surface area contributed by atoms with E-state index < -0.39 is 10.2 Å². The zero-order valence-electron chi connectivity index (χ0n) is 9.91. The zero-order chi connectivity index (χ0) is 13.3. The number of nitrogens with zero attached hydrogens (tertiary/aromatic N) is 3. The van der Waals surface area contributed by atoms with Crippen molar-refractivity contribution in [3.8, 4) is 11.3 Å². The maximum Gasteiger partial charge on any atom is 0.309 e. The Hall–Kier alpha value is -0.930. The minimum atomic E-state index is -3.51. The fourth-order valence-electron chi connectivity index (χ4n) is 1.43. The monoisotopic (exact) mass is 377 g/mol. The number of benzene rings is 1. The Labute approximate surface area is 120 Å². The summed E-state index contributed by atoms with van der Waals surface area (Å²) in [6.45, 7) is 0. The van der Waals surface area contributed by atoms with Gasteiger partial charge in [0.1, 0.15) is 0 Å². The second-order valence-electron chi connectivity index (χ2n) is 3.85. The van der Waals surface area contributed by atoms with Crippen molar-refractivity contribution < 1.29 is 8.42 Å². The van der Waals surface area contributed by atoms with Crippen molar-refractivity contribution in [2.24, 2.45) is 0 Å². The van der Waals surface area contributed by atoms with Crippen LogP contribution >= 0.6 is 22.6 Å². The molecule has 7 heteroatoms. The molecule has 0 unspecified atom stereocenters. The molecule has 0 aliphatic rings. The van der Waals surface area contributed by atoms with E-state index in [9.17, 15) is 8.42 Å². The molecule has 0 radical (unpaired) electrons. The molecule has 0 aliphatic carbocycles. The first-order valence-electron chi connectivity index (χ1n) is 5.16. The molecule has 0 aliphatic heterocycles. The van der Waals surface area contributed by atoms with Crippen LogP contribution in [-0.2, 0) is 10.2 Å². The third-order valence-electron chi connectivity index (χ3n) is 2.41. The summed E-state index contributed by atoms with van der Waals surface area (Å²) >= 11 is 1.91. The zero-order valence-corrected chi connectivity index (χ0v) is 12.9. The van der Waals surface area contributed by atoms with Gasteiger partial charge in [-0.1, -0.05) is 30.3 Å². The van der Waals surface area contributed by atoms with Gasteiger partial charge in [-0.3, -0.25) is 0 Å². The molecule has 0 saturated heterocycles. The fraction of sp³-hybridized carbons (Fsp3) is 0.182. The van der Waals surface area contributed by atoms with Gasteiger partial charge in [0.05, 0.1) is 11.9 Å². The normalized spacial score (nSPS) is 12.0. The highest BCUT2D eigenvalue weighted by atomic mass is 127. The molecule has 1 aromatic carbocycles. The molecule has 1 heterocycles. The summed E-state index contributed by atoms with van der Waals surface area (Å²) in [5.74, 6) is 0. The van der Waals surface area contributed by atoms with Gasteiger partial charge in [0.2, 0.25) is 0 Å². The molecule has 18 heavy (non-hydrogen) atoms. The van der Waals surface area contributed by atoms with Crippen molar-refractivity contribution in [3.63, 3.8) is 0 Å². The van der Waals surface area contributed by atoms with Crippen LogP contribution in [0.25, 0.3) is 11.3 Å². The summed E-state index contributed by atoms with van der Waals surface area (Å²) < 4.78 is 26.8. The predicted octanol–water partition coefficient (Wildman–Crippen LogP) is 1.81. The van der Waals surface area contributed by atoms with Crippen molar-refractivity contribution in [2.45, 2.75) is 0 Å². The smallest absolute Gasteiger partial charge is 0.222 e. The Morgan fingerprint density at radius 2 is 1.83 bits per heavy atom. The van der Waals surface area contributed by atoms with Crippen molar-refractivity contribution in [1.29, 1.82) is 0 Å². The lowest BCUT2D eigenvalue weighted by Crippen LogP contribution is -2.29. The molecule has 2 rings (SSSR count). The Morgan fingerprint density at radius 3 is 2.39 bits per heavy atom. The lowest BCUT2D eigenvalue weighted by atomic mass is 10.2. The van der Waals surface area contributed by atoms with E-state index in [2.05, 4.69) is 4.98 Å². The minimum Gasteiger partial charge on any atom is -0.222 e. The van der Waals surface area contributed by atoms with Crippen LogP contribution in [0.1, 0.15) is 0 Å². The first-order valence-corrected chi connectivity index (χ1v) is 7.64.